The zero-order chi connectivity index (χ0) is 17.1. The Labute approximate surface area is 146 Å². The predicted molar refractivity (Wildman–Crippen MR) is 94.2 cm³/mol. The topological polar surface area (TPSA) is 55.6 Å². The quantitative estimate of drug-likeness (QED) is 0.735. The Balaban J connectivity index is 1.41. The van der Waals surface area contributed by atoms with Crippen molar-refractivity contribution >= 4 is 16.9 Å². The van der Waals surface area contributed by atoms with Gasteiger partial charge in [-0.25, -0.2) is 0 Å². The first-order valence-electron chi connectivity index (χ1n) is 8.56. The zero-order valence-corrected chi connectivity index (χ0v) is 13.9. The number of amides is 1. The van der Waals surface area contributed by atoms with Crippen LogP contribution in [0, 0.1) is 0 Å². The van der Waals surface area contributed by atoms with Crippen LogP contribution in [0.1, 0.15) is 11.3 Å². The number of ether oxygens (including phenoxy) is 1. The van der Waals surface area contributed by atoms with Crippen LogP contribution in [0.4, 0.5) is 0 Å². The molecule has 0 aliphatic carbocycles. The highest BCUT2D eigenvalue weighted by Crippen LogP contribution is 2.19. The van der Waals surface area contributed by atoms with Gasteiger partial charge in [0.2, 0.25) is 5.91 Å². The molecule has 0 bridgehead atoms. The average Bonchev–Trinajstić information content (AvgIpc) is 3.06. The Morgan fingerprint density at radius 1 is 1.12 bits per heavy atom. The lowest BCUT2D eigenvalue weighted by Gasteiger charge is -2.33. The molecule has 5 heteroatoms. The van der Waals surface area contributed by atoms with E-state index in [2.05, 4.69) is 17.3 Å². The lowest BCUT2D eigenvalue weighted by atomic mass is 10.1. The van der Waals surface area contributed by atoms with Crippen LogP contribution in [0.15, 0.2) is 59.1 Å². The SMILES string of the molecule is O=C(Cc1noc2ccccc12)N1CCOC(Cc2ccccc2)C1. The molecule has 2 aromatic carbocycles. The third-order valence-corrected chi connectivity index (χ3v) is 4.57. The van der Waals surface area contributed by atoms with Gasteiger partial charge in [-0.05, 0) is 17.7 Å². The van der Waals surface area contributed by atoms with E-state index in [1.807, 2.05) is 47.4 Å². The predicted octanol–water partition coefficient (Wildman–Crippen LogP) is 2.84. The highest BCUT2D eigenvalue weighted by Gasteiger charge is 2.25. The smallest absolute Gasteiger partial charge is 0.228 e. The molecule has 1 aliphatic rings. The van der Waals surface area contributed by atoms with Gasteiger partial charge in [0.25, 0.3) is 0 Å². The Hall–Kier alpha value is -2.66. The van der Waals surface area contributed by atoms with Gasteiger partial charge in [-0.1, -0.05) is 47.6 Å². The number of rotatable bonds is 4. The molecule has 4 rings (SSSR count). The number of carbonyl (C=O) groups is 1. The first-order chi connectivity index (χ1) is 12.3. The van der Waals surface area contributed by atoms with Gasteiger partial charge < -0.3 is 14.2 Å². The van der Waals surface area contributed by atoms with E-state index in [1.54, 1.807) is 0 Å². The van der Waals surface area contributed by atoms with Crippen LogP contribution in [0.5, 0.6) is 0 Å². The molecule has 1 unspecified atom stereocenters. The molecule has 3 aromatic rings. The molecule has 2 heterocycles. The Bertz CT molecular complexity index is 860. The van der Waals surface area contributed by atoms with Crippen molar-refractivity contribution in [2.45, 2.75) is 18.9 Å². The van der Waals surface area contributed by atoms with E-state index in [-0.39, 0.29) is 18.4 Å². The van der Waals surface area contributed by atoms with Gasteiger partial charge in [0.1, 0.15) is 5.69 Å². The average molecular weight is 336 g/mol. The third-order valence-electron chi connectivity index (χ3n) is 4.57. The van der Waals surface area contributed by atoms with Crippen molar-refractivity contribution in [2.24, 2.45) is 0 Å². The van der Waals surface area contributed by atoms with Crippen molar-refractivity contribution < 1.29 is 14.1 Å². The van der Waals surface area contributed by atoms with Gasteiger partial charge in [0.15, 0.2) is 5.58 Å². The first kappa shape index (κ1) is 15.8. The van der Waals surface area contributed by atoms with Gasteiger partial charge in [0, 0.05) is 24.9 Å². The number of nitrogens with zero attached hydrogens (tertiary/aromatic N) is 2. The fourth-order valence-corrected chi connectivity index (χ4v) is 3.27. The van der Waals surface area contributed by atoms with E-state index >= 15 is 0 Å². The third kappa shape index (κ3) is 3.56. The monoisotopic (exact) mass is 336 g/mol. The number of hydrogen-bond donors (Lipinski definition) is 0. The van der Waals surface area contributed by atoms with Crippen molar-refractivity contribution in [3.63, 3.8) is 0 Å². The van der Waals surface area contributed by atoms with E-state index in [0.29, 0.717) is 31.0 Å². The first-order valence-corrected chi connectivity index (χ1v) is 8.56. The molecular weight excluding hydrogens is 316 g/mol. The normalized spacial score (nSPS) is 17.8. The fraction of sp³-hybridized carbons (Fsp3) is 0.300. The molecule has 1 saturated heterocycles. The van der Waals surface area contributed by atoms with Crippen LogP contribution >= 0.6 is 0 Å². The van der Waals surface area contributed by atoms with Crippen molar-refractivity contribution in [3.05, 3.63) is 65.9 Å². The molecule has 1 aliphatic heterocycles. The summed E-state index contributed by atoms with van der Waals surface area (Å²) in [6.45, 7) is 1.81. The second-order valence-corrected chi connectivity index (χ2v) is 6.32. The minimum absolute atomic E-state index is 0.0363. The number of morpholine rings is 1. The summed E-state index contributed by atoms with van der Waals surface area (Å²) in [6, 6.07) is 17.9. The molecular formula is C20H20N2O3. The van der Waals surface area contributed by atoms with Crippen LogP contribution in [0.2, 0.25) is 0 Å². The molecule has 5 nitrogen and oxygen atoms in total. The maximum absolute atomic E-state index is 12.7. The lowest BCUT2D eigenvalue weighted by Crippen LogP contribution is -2.46. The maximum Gasteiger partial charge on any atom is 0.228 e. The molecule has 0 N–H and O–H groups in total. The summed E-state index contributed by atoms with van der Waals surface area (Å²) in [7, 11) is 0. The van der Waals surface area contributed by atoms with Crippen LogP contribution in [-0.2, 0) is 22.4 Å². The van der Waals surface area contributed by atoms with Gasteiger partial charge in [-0.3, -0.25) is 4.79 Å². The van der Waals surface area contributed by atoms with E-state index < -0.39 is 0 Å². The van der Waals surface area contributed by atoms with Crippen LogP contribution < -0.4 is 0 Å². The summed E-state index contributed by atoms with van der Waals surface area (Å²) in [4.78, 5) is 14.6. The Morgan fingerprint density at radius 2 is 1.92 bits per heavy atom. The second-order valence-electron chi connectivity index (χ2n) is 6.32. The lowest BCUT2D eigenvalue weighted by molar-refractivity contribution is -0.138. The Kier molecular flexibility index (Phi) is 4.48. The molecule has 1 fully saturated rings. The number of para-hydroxylation sites is 1. The van der Waals surface area contributed by atoms with Crippen molar-refractivity contribution in [1.29, 1.82) is 0 Å². The number of benzene rings is 2. The fourth-order valence-electron chi connectivity index (χ4n) is 3.27. The highest BCUT2D eigenvalue weighted by molar-refractivity contribution is 5.86. The summed E-state index contributed by atoms with van der Waals surface area (Å²) >= 11 is 0. The van der Waals surface area contributed by atoms with Crippen LogP contribution in [-0.4, -0.2) is 41.8 Å². The standard InChI is InChI=1S/C20H20N2O3/c23-20(13-18-17-8-4-5-9-19(17)25-21-18)22-10-11-24-16(14-22)12-15-6-2-1-3-7-15/h1-9,16H,10-14H2. The molecule has 25 heavy (non-hydrogen) atoms. The minimum atomic E-state index is 0.0363. The van der Waals surface area contributed by atoms with E-state index in [9.17, 15) is 4.79 Å². The molecule has 1 amide bonds. The minimum Gasteiger partial charge on any atom is -0.374 e. The summed E-state index contributed by atoms with van der Waals surface area (Å²) in [5.41, 5.74) is 2.64. The number of fused-ring (bicyclic) bond motifs is 1. The van der Waals surface area contributed by atoms with Gasteiger partial charge in [0.05, 0.1) is 19.1 Å². The van der Waals surface area contributed by atoms with Crippen LogP contribution in [0.3, 0.4) is 0 Å². The second kappa shape index (κ2) is 7.07. The number of hydrogen-bond acceptors (Lipinski definition) is 4. The highest BCUT2D eigenvalue weighted by atomic mass is 16.5. The number of carbonyl (C=O) groups excluding carboxylic acids is 1. The molecule has 0 radical (unpaired) electrons. The largest absolute Gasteiger partial charge is 0.374 e. The van der Waals surface area contributed by atoms with Crippen LogP contribution in [0.25, 0.3) is 11.0 Å². The maximum atomic E-state index is 12.7. The Morgan fingerprint density at radius 3 is 2.80 bits per heavy atom. The molecule has 1 aromatic heterocycles. The molecule has 0 spiro atoms. The summed E-state index contributed by atoms with van der Waals surface area (Å²) < 4.78 is 11.1. The van der Waals surface area contributed by atoms with E-state index in [1.165, 1.54) is 5.56 Å². The van der Waals surface area contributed by atoms with Gasteiger partial charge >= 0.3 is 0 Å². The number of aromatic nitrogens is 1. The summed E-state index contributed by atoms with van der Waals surface area (Å²) in [6.07, 6.45) is 1.11. The van der Waals surface area contributed by atoms with E-state index in [4.69, 9.17) is 9.26 Å². The zero-order valence-electron chi connectivity index (χ0n) is 13.9. The van der Waals surface area contributed by atoms with Gasteiger partial charge in [-0.15, -0.1) is 0 Å². The molecule has 0 saturated carbocycles. The molecule has 128 valence electrons. The molecule has 1 atom stereocenters. The van der Waals surface area contributed by atoms with Crippen molar-refractivity contribution in [3.8, 4) is 0 Å². The van der Waals surface area contributed by atoms with Crippen molar-refractivity contribution in [1.82, 2.24) is 10.1 Å². The summed E-state index contributed by atoms with van der Waals surface area (Å²) in [5.74, 6) is 0.0698. The van der Waals surface area contributed by atoms with E-state index in [0.717, 1.165) is 11.8 Å². The van der Waals surface area contributed by atoms with Gasteiger partial charge in [-0.2, -0.15) is 0 Å². The van der Waals surface area contributed by atoms with Crippen molar-refractivity contribution in [2.75, 3.05) is 19.7 Å². The summed E-state index contributed by atoms with van der Waals surface area (Å²) in [5, 5.41) is 4.97.